The van der Waals surface area contributed by atoms with Crippen molar-refractivity contribution >= 4 is 51.6 Å². The molecule has 1 atom stereocenters. The third-order valence-electron chi connectivity index (χ3n) is 3.76. The average molecular weight is 517 g/mol. The van der Waals surface area contributed by atoms with E-state index in [-0.39, 0.29) is 42.3 Å². The second-order valence-corrected chi connectivity index (χ2v) is 8.11. The highest BCUT2D eigenvalue weighted by molar-refractivity contribution is 14.0. The topological polar surface area (TPSA) is 73.8 Å². The number of benzene rings is 1. The first-order chi connectivity index (χ1) is 11.8. The zero-order valence-corrected chi connectivity index (χ0v) is 19.7. The molecule has 0 amide bonds. The molecule has 1 rings (SSSR count). The van der Waals surface area contributed by atoms with E-state index in [0.29, 0.717) is 30.6 Å². The largest absolute Gasteiger partial charge is 0.357 e. The van der Waals surface area contributed by atoms with Crippen LogP contribution >= 0.6 is 35.6 Å². The monoisotopic (exact) mass is 516 g/mol. The number of sulfonamides is 1. The van der Waals surface area contributed by atoms with Crippen molar-refractivity contribution in [3.63, 3.8) is 0 Å². The van der Waals surface area contributed by atoms with E-state index in [1.807, 2.05) is 52.0 Å². The van der Waals surface area contributed by atoms with Crippen molar-refractivity contribution in [2.75, 3.05) is 31.9 Å². The highest BCUT2D eigenvalue weighted by Gasteiger charge is 2.18. The third-order valence-corrected chi connectivity index (χ3v) is 6.00. The van der Waals surface area contributed by atoms with Gasteiger partial charge in [-0.05, 0) is 31.5 Å². The van der Waals surface area contributed by atoms with E-state index in [0.717, 1.165) is 5.56 Å². The van der Waals surface area contributed by atoms with Crippen molar-refractivity contribution < 1.29 is 8.42 Å². The van der Waals surface area contributed by atoms with Crippen LogP contribution in [0, 0.1) is 0 Å². The fourth-order valence-corrected chi connectivity index (χ4v) is 3.97. The number of hydrogen-bond acceptors (Lipinski definition) is 3. The standard InChI is InChI=1S/C17H29ClN4O2S.HI/c1-5-19-17(20-11-12-25(23,24)22(6-2)7-3)21-14(4)15-9-8-10-16(18)13-15;/h8-10,13-14H,5-7,11-12H2,1-4H3,(H2,19,20,21);1H. The van der Waals surface area contributed by atoms with Gasteiger partial charge in [0.05, 0.1) is 18.3 Å². The molecule has 1 aromatic rings. The van der Waals surface area contributed by atoms with Crippen LogP contribution in [0.25, 0.3) is 0 Å². The SMILES string of the molecule is CCNC(=NCCS(=O)(=O)N(CC)CC)NC(C)c1cccc(Cl)c1.I. The summed E-state index contributed by atoms with van der Waals surface area (Å²) in [6, 6.07) is 7.60. The number of aliphatic imine (C=N–C) groups is 1. The molecule has 0 fully saturated rings. The van der Waals surface area contributed by atoms with Crippen LogP contribution in [-0.2, 0) is 10.0 Å². The van der Waals surface area contributed by atoms with Gasteiger partial charge in [0.15, 0.2) is 5.96 Å². The summed E-state index contributed by atoms with van der Waals surface area (Å²) in [5.41, 5.74) is 1.04. The molecule has 0 heterocycles. The van der Waals surface area contributed by atoms with Gasteiger partial charge in [0.1, 0.15) is 0 Å². The summed E-state index contributed by atoms with van der Waals surface area (Å²) < 4.78 is 25.9. The van der Waals surface area contributed by atoms with Crippen molar-refractivity contribution in [1.82, 2.24) is 14.9 Å². The molecule has 0 aromatic heterocycles. The summed E-state index contributed by atoms with van der Waals surface area (Å²) in [6.45, 7) is 9.50. The summed E-state index contributed by atoms with van der Waals surface area (Å²) in [5.74, 6) is 0.585. The van der Waals surface area contributed by atoms with E-state index in [9.17, 15) is 8.42 Å². The molecular formula is C17H30ClIN4O2S. The lowest BCUT2D eigenvalue weighted by Gasteiger charge is -2.19. The Bertz CT molecular complexity index is 666. The third kappa shape index (κ3) is 8.41. The molecule has 0 aliphatic carbocycles. The number of nitrogens with zero attached hydrogens (tertiary/aromatic N) is 2. The number of halogens is 2. The Balaban J connectivity index is 0.00000625. The molecule has 6 nitrogen and oxygen atoms in total. The average Bonchev–Trinajstić information content (AvgIpc) is 2.55. The van der Waals surface area contributed by atoms with Crippen LogP contribution in [0.15, 0.2) is 29.3 Å². The predicted molar refractivity (Wildman–Crippen MR) is 121 cm³/mol. The number of nitrogens with one attached hydrogen (secondary N) is 2. The number of hydrogen-bond donors (Lipinski definition) is 2. The van der Waals surface area contributed by atoms with Crippen LogP contribution in [-0.4, -0.2) is 50.6 Å². The normalized spacial score (nSPS) is 13.2. The maximum Gasteiger partial charge on any atom is 0.215 e. The van der Waals surface area contributed by atoms with Crippen LogP contribution in [0.1, 0.15) is 39.3 Å². The van der Waals surface area contributed by atoms with Crippen LogP contribution in [0.2, 0.25) is 5.02 Å². The fraction of sp³-hybridized carbons (Fsp3) is 0.588. The number of rotatable bonds is 9. The Labute approximate surface area is 179 Å². The van der Waals surface area contributed by atoms with E-state index >= 15 is 0 Å². The lowest BCUT2D eigenvalue weighted by atomic mass is 10.1. The highest BCUT2D eigenvalue weighted by atomic mass is 127. The van der Waals surface area contributed by atoms with Crippen LogP contribution in [0.5, 0.6) is 0 Å². The van der Waals surface area contributed by atoms with E-state index in [2.05, 4.69) is 15.6 Å². The van der Waals surface area contributed by atoms with Gasteiger partial charge in [-0.25, -0.2) is 12.7 Å². The molecule has 0 saturated heterocycles. The quantitative estimate of drug-likeness (QED) is 0.300. The predicted octanol–water partition coefficient (Wildman–Crippen LogP) is 3.25. The Morgan fingerprint density at radius 2 is 1.92 bits per heavy atom. The van der Waals surface area contributed by atoms with E-state index < -0.39 is 10.0 Å². The zero-order valence-electron chi connectivity index (χ0n) is 15.8. The van der Waals surface area contributed by atoms with Gasteiger partial charge >= 0.3 is 0 Å². The second kappa shape index (κ2) is 12.7. The molecule has 1 unspecified atom stereocenters. The smallest absolute Gasteiger partial charge is 0.215 e. The maximum absolute atomic E-state index is 12.2. The highest BCUT2D eigenvalue weighted by Crippen LogP contribution is 2.17. The first-order valence-electron chi connectivity index (χ1n) is 8.62. The van der Waals surface area contributed by atoms with Crippen LogP contribution in [0.3, 0.4) is 0 Å². The molecule has 26 heavy (non-hydrogen) atoms. The summed E-state index contributed by atoms with van der Waals surface area (Å²) in [6.07, 6.45) is 0. The van der Waals surface area contributed by atoms with Crippen molar-refractivity contribution in [2.24, 2.45) is 4.99 Å². The minimum Gasteiger partial charge on any atom is -0.357 e. The van der Waals surface area contributed by atoms with Gasteiger partial charge in [0.25, 0.3) is 0 Å². The maximum atomic E-state index is 12.2. The minimum absolute atomic E-state index is 0. The van der Waals surface area contributed by atoms with Gasteiger partial charge in [0, 0.05) is 24.7 Å². The summed E-state index contributed by atoms with van der Waals surface area (Å²) in [4.78, 5) is 4.39. The molecule has 9 heteroatoms. The fourth-order valence-electron chi connectivity index (χ4n) is 2.40. The molecule has 0 spiro atoms. The minimum atomic E-state index is -3.27. The van der Waals surface area contributed by atoms with Crippen LogP contribution in [0.4, 0.5) is 0 Å². The molecule has 1 aromatic carbocycles. The van der Waals surface area contributed by atoms with Crippen molar-refractivity contribution in [3.05, 3.63) is 34.9 Å². The molecule has 2 N–H and O–H groups in total. The zero-order chi connectivity index (χ0) is 18.9. The Morgan fingerprint density at radius 1 is 1.27 bits per heavy atom. The van der Waals surface area contributed by atoms with Gasteiger partial charge in [-0.2, -0.15) is 0 Å². The van der Waals surface area contributed by atoms with E-state index in [4.69, 9.17) is 11.6 Å². The molecular weight excluding hydrogens is 487 g/mol. The Hall–Kier alpha value is -0.580. The van der Waals surface area contributed by atoms with Gasteiger partial charge in [-0.15, -0.1) is 24.0 Å². The first kappa shape index (κ1) is 25.4. The van der Waals surface area contributed by atoms with E-state index in [1.165, 1.54) is 4.31 Å². The van der Waals surface area contributed by atoms with Crippen molar-refractivity contribution in [1.29, 1.82) is 0 Å². The lowest BCUT2D eigenvalue weighted by molar-refractivity contribution is 0.445. The summed E-state index contributed by atoms with van der Waals surface area (Å²) in [5, 5.41) is 7.09. The Kier molecular flexibility index (Phi) is 12.5. The van der Waals surface area contributed by atoms with Gasteiger partial charge in [-0.1, -0.05) is 37.6 Å². The van der Waals surface area contributed by atoms with Crippen molar-refractivity contribution in [3.8, 4) is 0 Å². The van der Waals surface area contributed by atoms with Gasteiger partial charge < -0.3 is 10.6 Å². The molecule has 0 radical (unpaired) electrons. The lowest BCUT2D eigenvalue weighted by Crippen LogP contribution is -2.39. The van der Waals surface area contributed by atoms with Crippen LogP contribution < -0.4 is 10.6 Å². The molecule has 0 aliphatic rings. The van der Waals surface area contributed by atoms with Gasteiger partial charge in [0.2, 0.25) is 10.0 Å². The van der Waals surface area contributed by atoms with Crippen molar-refractivity contribution in [2.45, 2.75) is 33.7 Å². The van der Waals surface area contributed by atoms with Gasteiger partial charge in [-0.3, -0.25) is 4.99 Å². The molecule has 0 saturated carbocycles. The Morgan fingerprint density at radius 3 is 2.46 bits per heavy atom. The molecule has 0 aliphatic heterocycles. The first-order valence-corrected chi connectivity index (χ1v) is 10.6. The molecule has 0 bridgehead atoms. The van der Waals surface area contributed by atoms with E-state index in [1.54, 1.807) is 0 Å². The number of guanidine groups is 1. The molecule has 150 valence electrons. The summed E-state index contributed by atoms with van der Waals surface area (Å²) >= 11 is 6.03. The second-order valence-electron chi connectivity index (χ2n) is 5.58. The summed E-state index contributed by atoms with van der Waals surface area (Å²) in [7, 11) is -3.27.